The van der Waals surface area contributed by atoms with E-state index in [-0.39, 0.29) is 11.8 Å². The lowest BCUT2D eigenvalue weighted by molar-refractivity contribution is -0.138. The summed E-state index contributed by atoms with van der Waals surface area (Å²) in [5, 5.41) is 9.80. The van der Waals surface area contributed by atoms with Crippen LogP contribution in [0.5, 0.6) is 0 Å². The number of carbonyl (C=O) groups is 1. The lowest BCUT2D eigenvalue weighted by atomic mass is 9.95. The van der Waals surface area contributed by atoms with Crippen molar-refractivity contribution in [3.8, 4) is 0 Å². The standard InChI is InChI=1S/C10H17NO2/c1-10(13)5-2-6-11(7-10)9(12)8-3-4-8/h8,13H,2-7H2,1H3. The Morgan fingerprint density at radius 2 is 2.23 bits per heavy atom. The van der Waals surface area contributed by atoms with Gasteiger partial charge in [-0.15, -0.1) is 0 Å². The third-order valence-corrected chi connectivity index (χ3v) is 2.91. The first-order chi connectivity index (χ1) is 6.08. The molecule has 1 aliphatic heterocycles. The van der Waals surface area contributed by atoms with E-state index in [1.807, 2.05) is 11.8 Å². The van der Waals surface area contributed by atoms with Crippen molar-refractivity contribution in [2.45, 2.75) is 38.2 Å². The van der Waals surface area contributed by atoms with Crippen molar-refractivity contribution in [3.63, 3.8) is 0 Å². The van der Waals surface area contributed by atoms with Gasteiger partial charge >= 0.3 is 0 Å². The summed E-state index contributed by atoms with van der Waals surface area (Å²) in [6.45, 7) is 3.19. The Kier molecular flexibility index (Phi) is 2.06. The van der Waals surface area contributed by atoms with Gasteiger partial charge in [-0.05, 0) is 32.6 Å². The van der Waals surface area contributed by atoms with E-state index >= 15 is 0 Å². The zero-order valence-corrected chi connectivity index (χ0v) is 8.12. The predicted octanol–water partition coefficient (Wildman–Crippen LogP) is 0.770. The molecule has 13 heavy (non-hydrogen) atoms. The zero-order chi connectivity index (χ0) is 9.47. The maximum absolute atomic E-state index is 11.7. The molecule has 1 heterocycles. The molecular formula is C10H17NO2. The fourth-order valence-corrected chi connectivity index (χ4v) is 2.00. The summed E-state index contributed by atoms with van der Waals surface area (Å²) in [5.41, 5.74) is -0.650. The Labute approximate surface area is 78.7 Å². The molecule has 1 saturated heterocycles. The van der Waals surface area contributed by atoms with Crippen molar-refractivity contribution in [3.05, 3.63) is 0 Å². The van der Waals surface area contributed by atoms with Gasteiger partial charge in [0.05, 0.1) is 5.60 Å². The van der Waals surface area contributed by atoms with Crippen molar-refractivity contribution in [1.29, 1.82) is 0 Å². The summed E-state index contributed by atoms with van der Waals surface area (Å²) in [5.74, 6) is 0.550. The molecule has 1 aliphatic carbocycles. The molecule has 3 nitrogen and oxygen atoms in total. The van der Waals surface area contributed by atoms with E-state index in [4.69, 9.17) is 0 Å². The van der Waals surface area contributed by atoms with Crippen LogP contribution in [0.25, 0.3) is 0 Å². The van der Waals surface area contributed by atoms with Gasteiger partial charge < -0.3 is 10.0 Å². The Morgan fingerprint density at radius 1 is 1.54 bits per heavy atom. The summed E-state index contributed by atoms with van der Waals surface area (Å²) in [6, 6.07) is 0. The van der Waals surface area contributed by atoms with Crippen molar-refractivity contribution < 1.29 is 9.90 Å². The number of aliphatic hydroxyl groups is 1. The molecule has 1 atom stereocenters. The number of piperidine rings is 1. The highest BCUT2D eigenvalue weighted by molar-refractivity contribution is 5.81. The molecule has 1 N–H and O–H groups in total. The third-order valence-electron chi connectivity index (χ3n) is 2.91. The van der Waals surface area contributed by atoms with Crippen LogP contribution in [0.1, 0.15) is 32.6 Å². The molecule has 0 radical (unpaired) electrons. The molecule has 1 amide bonds. The van der Waals surface area contributed by atoms with Gasteiger partial charge in [0.15, 0.2) is 0 Å². The molecule has 1 unspecified atom stereocenters. The monoisotopic (exact) mass is 183 g/mol. The number of amides is 1. The average Bonchev–Trinajstić information content (AvgIpc) is 2.83. The fraction of sp³-hybridized carbons (Fsp3) is 0.900. The van der Waals surface area contributed by atoms with E-state index in [1.54, 1.807) is 0 Å². The molecule has 2 aliphatic rings. The third kappa shape index (κ3) is 2.02. The highest BCUT2D eigenvalue weighted by Gasteiger charge is 2.37. The summed E-state index contributed by atoms with van der Waals surface area (Å²) in [6.07, 6.45) is 3.86. The maximum Gasteiger partial charge on any atom is 0.225 e. The Bertz CT molecular complexity index is 221. The van der Waals surface area contributed by atoms with Crippen LogP contribution in [0.3, 0.4) is 0 Å². The van der Waals surface area contributed by atoms with Crippen LogP contribution in [0.2, 0.25) is 0 Å². The first-order valence-electron chi connectivity index (χ1n) is 5.10. The van der Waals surface area contributed by atoms with Gasteiger partial charge in [-0.2, -0.15) is 0 Å². The van der Waals surface area contributed by atoms with Gasteiger partial charge in [0, 0.05) is 19.0 Å². The molecule has 0 bridgehead atoms. The second kappa shape index (κ2) is 2.98. The molecule has 1 saturated carbocycles. The lowest BCUT2D eigenvalue weighted by Crippen LogP contribution is -2.49. The summed E-state index contributed by atoms with van der Waals surface area (Å²) in [7, 11) is 0. The van der Waals surface area contributed by atoms with E-state index in [1.165, 1.54) is 0 Å². The molecule has 2 rings (SSSR count). The molecule has 2 fully saturated rings. The number of likely N-dealkylation sites (tertiary alicyclic amines) is 1. The highest BCUT2D eigenvalue weighted by atomic mass is 16.3. The summed E-state index contributed by atoms with van der Waals surface area (Å²) < 4.78 is 0. The van der Waals surface area contributed by atoms with Crippen LogP contribution < -0.4 is 0 Å². The Morgan fingerprint density at radius 3 is 2.77 bits per heavy atom. The number of hydrogen-bond acceptors (Lipinski definition) is 2. The minimum Gasteiger partial charge on any atom is -0.388 e. The largest absolute Gasteiger partial charge is 0.388 e. The highest BCUT2D eigenvalue weighted by Crippen LogP contribution is 2.33. The second-order valence-electron chi connectivity index (χ2n) is 4.63. The van der Waals surface area contributed by atoms with E-state index in [0.717, 1.165) is 32.2 Å². The first-order valence-corrected chi connectivity index (χ1v) is 5.10. The molecule has 0 aromatic heterocycles. The smallest absolute Gasteiger partial charge is 0.225 e. The van der Waals surface area contributed by atoms with Crippen LogP contribution in [0, 0.1) is 5.92 Å². The van der Waals surface area contributed by atoms with E-state index in [9.17, 15) is 9.90 Å². The van der Waals surface area contributed by atoms with Crippen molar-refractivity contribution >= 4 is 5.91 Å². The van der Waals surface area contributed by atoms with Crippen LogP contribution >= 0.6 is 0 Å². The van der Waals surface area contributed by atoms with E-state index < -0.39 is 5.60 Å². The Hall–Kier alpha value is -0.570. The second-order valence-corrected chi connectivity index (χ2v) is 4.63. The number of rotatable bonds is 1. The quantitative estimate of drug-likeness (QED) is 0.652. The van der Waals surface area contributed by atoms with Gasteiger partial charge in [0.2, 0.25) is 5.91 Å². The van der Waals surface area contributed by atoms with Gasteiger partial charge in [-0.1, -0.05) is 0 Å². The topological polar surface area (TPSA) is 40.5 Å². The van der Waals surface area contributed by atoms with Crippen LogP contribution in [-0.2, 0) is 4.79 Å². The van der Waals surface area contributed by atoms with Gasteiger partial charge in [0.25, 0.3) is 0 Å². The van der Waals surface area contributed by atoms with Gasteiger partial charge in [0.1, 0.15) is 0 Å². The molecule has 3 heteroatoms. The Balaban J connectivity index is 1.95. The van der Waals surface area contributed by atoms with E-state index in [0.29, 0.717) is 6.54 Å². The van der Waals surface area contributed by atoms with Crippen LogP contribution in [0.15, 0.2) is 0 Å². The molecule has 0 aromatic carbocycles. The van der Waals surface area contributed by atoms with Crippen LogP contribution in [0.4, 0.5) is 0 Å². The van der Waals surface area contributed by atoms with Crippen molar-refractivity contribution in [2.24, 2.45) is 5.92 Å². The number of nitrogens with zero attached hydrogens (tertiary/aromatic N) is 1. The SMILES string of the molecule is CC1(O)CCCN(C(=O)C2CC2)C1. The minimum absolute atomic E-state index is 0.264. The fourth-order valence-electron chi connectivity index (χ4n) is 2.00. The first kappa shape index (κ1) is 9.00. The molecular weight excluding hydrogens is 166 g/mol. The maximum atomic E-state index is 11.7. The van der Waals surface area contributed by atoms with Crippen LogP contribution in [-0.4, -0.2) is 34.6 Å². The van der Waals surface area contributed by atoms with Crippen molar-refractivity contribution in [2.75, 3.05) is 13.1 Å². The predicted molar refractivity (Wildman–Crippen MR) is 49.2 cm³/mol. The zero-order valence-electron chi connectivity index (χ0n) is 8.12. The lowest BCUT2D eigenvalue weighted by Gasteiger charge is -2.36. The number of hydrogen-bond donors (Lipinski definition) is 1. The molecule has 0 aromatic rings. The number of carbonyl (C=O) groups excluding carboxylic acids is 1. The average molecular weight is 183 g/mol. The molecule has 74 valence electrons. The minimum atomic E-state index is -0.650. The summed E-state index contributed by atoms with van der Waals surface area (Å²) >= 11 is 0. The van der Waals surface area contributed by atoms with Gasteiger partial charge in [-0.3, -0.25) is 4.79 Å². The molecule has 0 spiro atoms. The number of β-amino-alcohol motifs (C(OH)–C–C–N with tert-alkyl or cyclic N) is 1. The normalized spacial score (nSPS) is 34.8. The van der Waals surface area contributed by atoms with E-state index in [2.05, 4.69) is 0 Å². The summed E-state index contributed by atoms with van der Waals surface area (Å²) in [4.78, 5) is 13.5. The van der Waals surface area contributed by atoms with Gasteiger partial charge in [-0.25, -0.2) is 0 Å². The van der Waals surface area contributed by atoms with Crippen molar-refractivity contribution in [1.82, 2.24) is 4.90 Å².